The van der Waals surface area contributed by atoms with Crippen LogP contribution in [0.25, 0.3) is 22.2 Å². The first-order valence-electron chi connectivity index (χ1n) is 9.10. The molecular formula is C23H16F2N4O. The molecule has 1 heterocycles. The highest BCUT2D eigenvalue weighted by atomic mass is 19.2. The van der Waals surface area contributed by atoms with Crippen LogP contribution in [-0.2, 0) is 7.05 Å². The standard InChI is InChI=1S/C23H16F2N4O/c1-13-6-21-20(27-12-29(21)2)10-17(13)18-8-16(9-19(24)22(18)25)28-23(30)15-5-3-4-14(7-15)11-26/h3-10,12H,1-2H3,(H,28,30). The Hall–Kier alpha value is -4.05. The van der Waals surface area contributed by atoms with E-state index in [1.54, 1.807) is 31.5 Å². The molecule has 4 rings (SSSR count). The number of hydrogen-bond donors (Lipinski definition) is 1. The van der Waals surface area contributed by atoms with Gasteiger partial charge in [-0.3, -0.25) is 4.79 Å². The van der Waals surface area contributed by atoms with Crippen LogP contribution < -0.4 is 5.32 Å². The Morgan fingerprint density at radius 3 is 2.70 bits per heavy atom. The summed E-state index contributed by atoms with van der Waals surface area (Å²) in [6, 6.07) is 13.9. The molecule has 7 heteroatoms. The summed E-state index contributed by atoms with van der Waals surface area (Å²) in [5, 5.41) is 11.6. The number of imidazole rings is 1. The summed E-state index contributed by atoms with van der Waals surface area (Å²) in [6.45, 7) is 1.80. The Morgan fingerprint density at radius 1 is 1.13 bits per heavy atom. The Kier molecular flexibility index (Phi) is 4.76. The molecule has 0 unspecified atom stereocenters. The fraction of sp³-hybridized carbons (Fsp3) is 0.0870. The summed E-state index contributed by atoms with van der Waals surface area (Å²) in [5.41, 5.74) is 3.46. The molecule has 0 bridgehead atoms. The number of nitrogens with zero attached hydrogens (tertiary/aromatic N) is 3. The normalized spacial score (nSPS) is 10.8. The number of hydrogen-bond acceptors (Lipinski definition) is 3. The highest BCUT2D eigenvalue weighted by Gasteiger charge is 2.17. The minimum Gasteiger partial charge on any atom is -0.334 e. The van der Waals surface area contributed by atoms with E-state index in [9.17, 15) is 13.6 Å². The predicted molar refractivity (Wildman–Crippen MR) is 110 cm³/mol. The van der Waals surface area contributed by atoms with Crippen LogP contribution in [0, 0.1) is 29.9 Å². The largest absolute Gasteiger partial charge is 0.334 e. The van der Waals surface area contributed by atoms with E-state index in [-0.39, 0.29) is 16.8 Å². The van der Waals surface area contributed by atoms with Crippen molar-refractivity contribution in [2.45, 2.75) is 6.92 Å². The van der Waals surface area contributed by atoms with E-state index in [4.69, 9.17) is 5.26 Å². The highest BCUT2D eigenvalue weighted by Crippen LogP contribution is 2.33. The van der Waals surface area contributed by atoms with Crippen LogP contribution in [-0.4, -0.2) is 15.5 Å². The summed E-state index contributed by atoms with van der Waals surface area (Å²) in [5.74, 6) is -2.60. The van der Waals surface area contributed by atoms with Gasteiger partial charge in [-0.1, -0.05) is 6.07 Å². The van der Waals surface area contributed by atoms with E-state index < -0.39 is 17.5 Å². The number of rotatable bonds is 3. The summed E-state index contributed by atoms with van der Waals surface area (Å²) in [6.07, 6.45) is 1.65. The lowest BCUT2D eigenvalue weighted by Crippen LogP contribution is -2.12. The molecular weight excluding hydrogens is 386 g/mol. The molecule has 1 N–H and O–H groups in total. The number of benzene rings is 3. The fourth-order valence-corrected chi connectivity index (χ4v) is 3.36. The lowest BCUT2D eigenvalue weighted by Gasteiger charge is -2.12. The van der Waals surface area contributed by atoms with Crippen LogP contribution in [0.5, 0.6) is 0 Å². The first-order valence-corrected chi connectivity index (χ1v) is 9.10. The molecule has 0 atom stereocenters. The monoisotopic (exact) mass is 402 g/mol. The first kappa shape index (κ1) is 19.3. The second-order valence-corrected chi connectivity index (χ2v) is 6.98. The van der Waals surface area contributed by atoms with Gasteiger partial charge < -0.3 is 9.88 Å². The third-order valence-electron chi connectivity index (χ3n) is 4.90. The van der Waals surface area contributed by atoms with E-state index in [1.165, 1.54) is 18.2 Å². The van der Waals surface area contributed by atoms with Gasteiger partial charge in [0.2, 0.25) is 0 Å². The average molecular weight is 402 g/mol. The van der Waals surface area contributed by atoms with Crippen molar-refractivity contribution in [1.29, 1.82) is 5.26 Å². The maximum absolute atomic E-state index is 14.7. The van der Waals surface area contributed by atoms with E-state index in [0.29, 0.717) is 16.6 Å². The highest BCUT2D eigenvalue weighted by molar-refractivity contribution is 6.04. The minimum absolute atomic E-state index is 0.0288. The number of nitriles is 1. The summed E-state index contributed by atoms with van der Waals surface area (Å²) in [4.78, 5) is 16.8. The van der Waals surface area contributed by atoms with Crippen molar-refractivity contribution in [1.82, 2.24) is 9.55 Å². The van der Waals surface area contributed by atoms with Crippen LogP contribution in [0.1, 0.15) is 21.5 Å². The van der Waals surface area contributed by atoms with Crippen LogP contribution in [0.4, 0.5) is 14.5 Å². The van der Waals surface area contributed by atoms with Gasteiger partial charge in [0, 0.05) is 29.9 Å². The molecule has 3 aromatic carbocycles. The quantitative estimate of drug-likeness (QED) is 0.527. The molecule has 30 heavy (non-hydrogen) atoms. The Labute approximate surface area is 171 Å². The first-order chi connectivity index (χ1) is 14.4. The molecule has 0 aliphatic carbocycles. The second-order valence-electron chi connectivity index (χ2n) is 6.98. The third kappa shape index (κ3) is 3.40. The molecule has 0 saturated heterocycles. The second kappa shape index (κ2) is 7.41. The van der Waals surface area contributed by atoms with Gasteiger partial charge in [0.05, 0.1) is 29.0 Å². The summed E-state index contributed by atoms with van der Waals surface area (Å²) >= 11 is 0. The maximum Gasteiger partial charge on any atom is 0.255 e. The predicted octanol–water partition coefficient (Wildman–Crippen LogP) is 4.95. The van der Waals surface area contributed by atoms with Gasteiger partial charge in [-0.05, 0) is 54.4 Å². The van der Waals surface area contributed by atoms with Crippen molar-refractivity contribution in [3.8, 4) is 17.2 Å². The molecule has 5 nitrogen and oxygen atoms in total. The smallest absolute Gasteiger partial charge is 0.255 e. The van der Waals surface area contributed by atoms with Crippen molar-refractivity contribution in [2.24, 2.45) is 7.05 Å². The molecule has 0 spiro atoms. The van der Waals surface area contributed by atoms with Crippen molar-refractivity contribution < 1.29 is 13.6 Å². The van der Waals surface area contributed by atoms with Crippen molar-refractivity contribution in [3.63, 3.8) is 0 Å². The Morgan fingerprint density at radius 2 is 1.93 bits per heavy atom. The van der Waals surface area contributed by atoms with E-state index in [0.717, 1.165) is 17.1 Å². The summed E-state index contributed by atoms with van der Waals surface area (Å²) < 4.78 is 30.9. The zero-order valence-corrected chi connectivity index (χ0v) is 16.2. The zero-order chi connectivity index (χ0) is 21.4. The number of aromatic nitrogens is 2. The van der Waals surface area contributed by atoms with Gasteiger partial charge in [0.15, 0.2) is 11.6 Å². The molecule has 0 aliphatic rings. The topological polar surface area (TPSA) is 70.7 Å². The average Bonchev–Trinajstić information content (AvgIpc) is 3.09. The van der Waals surface area contributed by atoms with Gasteiger partial charge >= 0.3 is 0 Å². The Bertz CT molecular complexity index is 1350. The van der Waals surface area contributed by atoms with Gasteiger partial charge in [0.1, 0.15) is 0 Å². The van der Waals surface area contributed by atoms with Gasteiger partial charge in [-0.15, -0.1) is 0 Å². The number of carbonyl (C=O) groups is 1. The Balaban J connectivity index is 1.75. The number of fused-ring (bicyclic) bond motifs is 1. The molecule has 0 radical (unpaired) electrons. The number of anilines is 1. The molecule has 0 aliphatic heterocycles. The van der Waals surface area contributed by atoms with Gasteiger partial charge in [-0.25, -0.2) is 13.8 Å². The molecule has 1 amide bonds. The van der Waals surface area contributed by atoms with Gasteiger partial charge in [-0.2, -0.15) is 5.26 Å². The molecule has 4 aromatic rings. The number of aryl methyl sites for hydroxylation is 2. The third-order valence-corrected chi connectivity index (χ3v) is 4.90. The number of carbonyl (C=O) groups excluding carboxylic acids is 1. The number of amides is 1. The number of nitrogens with one attached hydrogen (secondary N) is 1. The summed E-state index contributed by atoms with van der Waals surface area (Å²) in [7, 11) is 1.85. The lowest BCUT2D eigenvalue weighted by molar-refractivity contribution is 0.102. The number of halogens is 2. The van der Waals surface area contributed by atoms with Crippen LogP contribution in [0.3, 0.4) is 0 Å². The molecule has 1 aromatic heterocycles. The molecule has 0 saturated carbocycles. The van der Waals surface area contributed by atoms with Crippen molar-refractivity contribution >= 4 is 22.6 Å². The fourth-order valence-electron chi connectivity index (χ4n) is 3.36. The van der Waals surface area contributed by atoms with E-state index >= 15 is 0 Å². The minimum atomic E-state index is -1.07. The molecule has 148 valence electrons. The maximum atomic E-state index is 14.7. The zero-order valence-electron chi connectivity index (χ0n) is 16.2. The van der Waals surface area contributed by atoms with Crippen LogP contribution >= 0.6 is 0 Å². The van der Waals surface area contributed by atoms with E-state index in [1.807, 2.05) is 23.8 Å². The van der Waals surface area contributed by atoms with Crippen LogP contribution in [0.15, 0.2) is 54.9 Å². The van der Waals surface area contributed by atoms with Crippen molar-refractivity contribution in [3.05, 3.63) is 83.2 Å². The SMILES string of the molecule is Cc1cc2c(cc1-c1cc(NC(=O)c3cccc(C#N)c3)cc(F)c1F)ncn2C. The molecule has 0 fully saturated rings. The van der Waals surface area contributed by atoms with E-state index in [2.05, 4.69) is 10.3 Å². The van der Waals surface area contributed by atoms with Gasteiger partial charge in [0.25, 0.3) is 5.91 Å². The lowest BCUT2D eigenvalue weighted by atomic mass is 9.98. The van der Waals surface area contributed by atoms with Crippen molar-refractivity contribution in [2.75, 3.05) is 5.32 Å². The van der Waals surface area contributed by atoms with Crippen LogP contribution in [0.2, 0.25) is 0 Å².